The number of aliphatic hydroxyl groups excluding tert-OH is 1. The molecular formula is C22H22ClN5O2. The standard InChI is InChI=1S/C22H22ClN5O2/c1-24-16-4-5-17-18(10-16)21(25-11-14-3-6-20(30-2)19(23)9-14)26-27-22(17)28-8-7-15(12-28)13-29/h3-6,9-10,15,29H,7-8,11-13H2,2H3,(H,25,26). The molecule has 1 atom stereocenters. The highest BCUT2D eigenvalue weighted by atomic mass is 35.5. The van der Waals surface area contributed by atoms with E-state index in [1.165, 1.54) is 0 Å². The van der Waals surface area contributed by atoms with Crippen molar-refractivity contribution in [2.24, 2.45) is 5.92 Å². The van der Waals surface area contributed by atoms with Gasteiger partial charge in [-0.2, -0.15) is 0 Å². The second-order valence-corrected chi connectivity index (χ2v) is 7.73. The normalized spacial score (nSPS) is 15.9. The summed E-state index contributed by atoms with van der Waals surface area (Å²) in [5, 5.41) is 24.0. The van der Waals surface area contributed by atoms with Crippen LogP contribution in [0.25, 0.3) is 15.6 Å². The highest BCUT2D eigenvalue weighted by molar-refractivity contribution is 6.32. The third-order valence-corrected chi connectivity index (χ3v) is 5.69. The number of anilines is 2. The monoisotopic (exact) mass is 423 g/mol. The molecule has 0 aliphatic carbocycles. The van der Waals surface area contributed by atoms with E-state index in [0.717, 1.165) is 41.7 Å². The predicted molar refractivity (Wildman–Crippen MR) is 119 cm³/mol. The first-order chi connectivity index (χ1) is 14.6. The number of benzene rings is 2. The van der Waals surface area contributed by atoms with Gasteiger partial charge in [-0.25, -0.2) is 4.85 Å². The Bertz CT molecular complexity index is 1110. The van der Waals surface area contributed by atoms with E-state index in [2.05, 4.69) is 25.3 Å². The molecule has 1 unspecified atom stereocenters. The number of hydrogen-bond acceptors (Lipinski definition) is 6. The zero-order valence-corrected chi connectivity index (χ0v) is 17.4. The van der Waals surface area contributed by atoms with Crippen LogP contribution in [0.1, 0.15) is 12.0 Å². The van der Waals surface area contributed by atoms with Crippen molar-refractivity contribution in [1.29, 1.82) is 0 Å². The molecule has 8 heteroatoms. The van der Waals surface area contributed by atoms with Crippen molar-refractivity contribution in [1.82, 2.24) is 10.2 Å². The molecule has 0 radical (unpaired) electrons. The van der Waals surface area contributed by atoms with Crippen molar-refractivity contribution in [2.45, 2.75) is 13.0 Å². The Morgan fingerprint density at radius 2 is 2.13 bits per heavy atom. The molecule has 2 N–H and O–H groups in total. The number of aromatic nitrogens is 2. The van der Waals surface area contributed by atoms with Gasteiger partial charge in [-0.15, -0.1) is 10.2 Å². The fourth-order valence-electron chi connectivity index (χ4n) is 3.74. The maximum Gasteiger partial charge on any atom is 0.188 e. The molecule has 4 rings (SSSR count). The summed E-state index contributed by atoms with van der Waals surface area (Å²) >= 11 is 6.23. The number of nitrogens with zero attached hydrogens (tertiary/aromatic N) is 4. The lowest BCUT2D eigenvalue weighted by Gasteiger charge is -2.20. The Morgan fingerprint density at radius 3 is 2.83 bits per heavy atom. The first-order valence-electron chi connectivity index (χ1n) is 9.73. The molecule has 0 bridgehead atoms. The number of aliphatic hydroxyl groups is 1. The molecule has 1 fully saturated rings. The van der Waals surface area contributed by atoms with Gasteiger partial charge in [-0.1, -0.05) is 29.8 Å². The molecule has 7 nitrogen and oxygen atoms in total. The fraction of sp³-hybridized carbons (Fsp3) is 0.318. The first-order valence-corrected chi connectivity index (χ1v) is 10.1. The summed E-state index contributed by atoms with van der Waals surface area (Å²) in [5.41, 5.74) is 1.53. The molecule has 1 aromatic heterocycles. The first kappa shape index (κ1) is 20.2. The maximum absolute atomic E-state index is 9.46. The molecular weight excluding hydrogens is 402 g/mol. The lowest BCUT2D eigenvalue weighted by molar-refractivity contribution is 0.238. The predicted octanol–water partition coefficient (Wildman–Crippen LogP) is 4.27. The van der Waals surface area contributed by atoms with Crippen LogP contribution in [0.5, 0.6) is 5.75 Å². The number of hydrogen-bond donors (Lipinski definition) is 2. The Hall–Kier alpha value is -3.08. The van der Waals surface area contributed by atoms with Crippen LogP contribution in [-0.2, 0) is 6.54 Å². The van der Waals surface area contributed by atoms with Gasteiger partial charge in [-0.3, -0.25) is 0 Å². The van der Waals surface area contributed by atoms with Crippen molar-refractivity contribution in [3.63, 3.8) is 0 Å². The van der Waals surface area contributed by atoms with E-state index in [4.69, 9.17) is 22.9 Å². The highest BCUT2D eigenvalue weighted by Crippen LogP contribution is 2.34. The van der Waals surface area contributed by atoms with Crippen molar-refractivity contribution >= 4 is 39.7 Å². The largest absolute Gasteiger partial charge is 0.495 e. The van der Waals surface area contributed by atoms with E-state index in [1.807, 2.05) is 30.3 Å². The van der Waals surface area contributed by atoms with E-state index in [-0.39, 0.29) is 12.5 Å². The quantitative estimate of drug-likeness (QED) is 0.576. The van der Waals surface area contributed by atoms with Gasteiger partial charge in [0.1, 0.15) is 5.75 Å². The van der Waals surface area contributed by atoms with Gasteiger partial charge in [0.15, 0.2) is 17.3 Å². The van der Waals surface area contributed by atoms with Crippen molar-refractivity contribution in [3.8, 4) is 5.75 Å². The number of fused-ring (bicyclic) bond motifs is 1. The fourth-order valence-corrected chi connectivity index (χ4v) is 4.02. The highest BCUT2D eigenvalue weighted by Gasteiger charge is 2.25. The Kier molecular flexibility index (Phi) is 5.88. The van der Waals surface area contributed by atoms with Gasteiger partial charge in [0.05, 0.1) is 18.7 Å². The molecule has 30 heavy (non-hydrogen) atoms. The molecule has 1 aliphatic rings. The zero-order chi connectivity index (χ0) is 21.1. The maximum atomic E-state index is 9.46. The molecule has 2 aromatic carbocycles. The van der Waals surface area contributed by atoms with E-state index >= 15 is 0 Å². The lowest BCUT2D eigenvalue weighted by Crippen LogP contribution is -2.22. The van der Waals surface area contributed by atoms with Crippen LogP contribution in [0, 0.1) is 12.5 Å². The second-order valence-electron chi connectivity index (χ2n) is 7.32. The van der Waals surface area contributed by atoms with E-state index in [9.17, 15) is 5.11 Å². The SMILES string of the molecule is [C-]#[N+]c1ccc2c(N3CCC(CO)C3)nnc(NCc3ccc(OC)c(Cl)c3)c2c1. The molecule has 154 valence electrons. The third kappa shape index (κ3) is 3.97. The Balaban J connectivity index is 1.65. The summed E-state index contributed by atoms with van der Waals surface area (Å²) in [7, 11) is 1.58. The van der Waals surface area contributed by atoms with Crippen LogP contribution in [0.3, 0.4) is 0 Å². The smallest absolute Gasteiger partial charge is 0.188 e. The molecule has 0 amide bonds. The van der Waals surface area contributed by atoms with Crippen LogP contribution < -0.4 is 15.0 Å². The topological polar surface area (TPSA) is 74.9 Å². The van der Waals surface area contributed by atoms with Crippen LogP contribution in [0.15, 0.2) is 36.4 Å². The van der Waals surface area contributed by atoms with Gasteiger partial charge in [0, 0.05) is 42.9 Å². The van der Waals surface area contributed by atoms with E-state index < -0.39 is 0 Å². The zero-order valence-electron chi connectivity index (χ0n) is 16.6. The summed E-state index contributed by atoms with van der Waals surface area (Å²) in [6.07, 6.45) is 0.929. The summed E-state index contributed by atoms with van der Waals surface area (Å²) < 4.78 is 5.20. The van der Waals surface area contributed by atoms with Gasteiger partial charge in [0.2, 0.25) is 0 Å². The number of rotatable bonds is 6. The minimum absolute atomic E-state index is 0.174. The van der Waals surface area contributed by atoms with E-state index in [1.54, 1.807) is 13.2 Å². The number of methoxy groups -OCH3 is 1. The molecule has 1 aliphatic heterocycles. The molecule has 1 saturated heterocycles. The molecule has 2 heterocycles. The summed E-state index contributed by atoms with van der Waals surface area (Å²) in [4.78, 5) is 5.71. The van der Waals surface area contributed by atoms with Crippen LogP contribution >= 0.6 is 11.6 Å². The van der Waals surface area contributed by atoms with Crippen molar-refractivity contribution < 1.29 is 9.84 Å². The number of nitrogens with one attached hydrogen (secondary N) is 1. The van der Waals surface area contributed by atoms with Crippen molar-refractivity contribution in [2.75, 3.05) is 37.0 Å². The summed E-state index contributed by atoms with van der Waals surface area (Å²) in [5.74, 6) is 2.28. The van der Waals surface area contributed by atoms with Gasteiger partial charge < -0.3 is 20.1 Å². The Morgan fingerprint density at radius 1 is 1.27 bits per heavy atom. The summed E-state index contributed by atoms with van der Waals surface area (Å²) in [6, 6.07) is 11.2. The summed E-state index contributed by atoms with van der Waals surface area (Å²) in [6.45, 7) is 9.63. The number of ether oxygens (including phenoxy) is 1. The second kappa shape index (κ2) is 8.74. The van der Waals surface area contributed by atoms with Gasteiger partial charge in [0.25, 0.3) is 0 Å². The Labute approximate surface area is 180 Å². The average molecular weight is 424 g/mol. The number of halogens is 1. The minimum Gasteiger partial charge on any atom is -0.495 e. The van der Waals surface area contributed by atoms with Crippen LogP contribution in [0.2, 0.25) is 5.02 Å². The lowest BCUT2D eigenvalue weighted by atomic mass is 10.1. The minimum atomic E-state index is 0.174. The third-order valence-electron chi connectivity index (χ3n) is 5.39. The van der Waals surface area contributed by atoms with Crippen LogP contribution in [-0.4, -0.2) is 42.1 Å². The van der Waals surface area contributed by atoms with Crippen LogP contribution in [0.4, 0.5) is 17.3 Å². The average Bonchev–Trinajstić information content (AvgIpc) is 3.26. The van der Waals surface area contributed by atoms with Crippen molar-refractivity contribution in [3.05, 3.63) is 58.4 Å². The van der Waals surface area contributed by atoms with Gasteiger partial charge in [-0.05, 0) is 30.2 Å². The molecule has 0 spiro atoms. The van der Waals surface area contributed by atoms with E-state index in [0.29, 0.717) is 28.8 Å². The van der Waals surface area contributed by atoms with Gasteiger partial charge >= 0.3 is 0 Å². The molecule has 3 aromatic rings. The molecule has 0 saturated carbocycles.